The zero-order chi connectivity index (χ0) is 28.1. The molecule has 1 aromatic heterocycles. The third-order valence-corrected chi connectivity index (χ3v) is 5.84. The number of aliphatic hydroxyl groups is 3. The van der Waals surface area contributed by atoms with E-state index in [-0.39, 0.29) is 19.0 Å². The van der Waals surface area contributed by atoms with E-state index in [1.54, 1.807) is 6.92 Å². The average Bonchev–Trinajstić information content (AvgIpc) is 3.31. The van der Waals surface area contributed by atoms with Crippen molar-refractivity contribution in [2.75, 3.05) is 13.1 Å². The molecule has 0 spiro atoms. The highest BCUT2D eigenvalue weighted by Crippen LogP contribution is 2.22. The van der Waals surface area contributed by atoms with E-state index < -0.39 is 36.6 Å². The summed E-state index contributed by atoms with van der Waals surface area (Å²) < 4.78 is 5.28. The Morgan fingerprint density at radius 1 is 1.08 bits per heavy atom. The van der Waals surface area contributed by atoms with Gasteiger partial charge in [-0.1, -0.05) is 48.5 Å². The van der Waals surface area contributed by atoms with Crippen LogP contribution in [0.4, 0.5) is 0 Å². The van der Waals surface area contributed by atoms with Gasteiger partial charge in [-0.25, -0.2) is 0 Å². The van der Waals surface area contributed by atoms with Crippen molar-refractivity contribution in [1.29, 1.82) is 0 Å². The van der Waals surface area contributed by atoms with Gasteiger partial charge in [0.1, 0.15) is 24.4 Å². The van der Waals surface area contributed by atoms with Crippen LogP contribution >= 0.6 is 0 Å². The number of ether oxygens (including phenoxy) is 1. The van der Waals surface area contributed by atoms with Gasteiger partial charge in [0, 0.05) is 30.3 Å². The monoisotopic (exact) mass is 529 g/mol. The zero-order valence-corrected chi connectivity index (χ0v) is 21.7. The molecule has 1 saturated heterocycles. The molecule has 6 atom stereocenters. The van der Waals surface area contributed by atoms with Crippen LogP contribution in [0.1, 0.15) is 18.2 Å². The van der Waals surface area contributed by atoms with Crippen LogP contribution in [0, 0.1) is 6.92 Å². The fourth-order valence-corrected chi connectivity index (χ4v) is 3.82. The summed E-state index contributed by atoms with van der Waals surface area (Å²) in [6, 6.07) is 19.6. The Morgan fingerprint density at radius 3 is 2.34 bits per heavy atom. The molecule has 4 rings (SSSR count). The van der Waals surface area contributed by atoms with E-state index in [4.69, 9.17) is 16.2 Å². The fraction of sp³-hybridized carbons (Fsp3) is 0.407. The normalized spacial score (nSPS) is 23.2. The average molecular weight is 530 g/mol. The summed E-state index contributed by atoms with van der Waals surface area (Å²) in [5.41, 5.74) is 14.4. The lowest BCUT2D eigenvalue weighted by Crippen LogP contribution is -2.62. The van der Waals surface area contributed by atoms with Gasteiger partial charge in [0.2, 0.25) is 12.3 Å². The molecule has 1 fully saturated rings. The van der Waals surface area contributed by atoms with E-state index in [0.29, 0.717) is 13.0 Å². The molecule has 0 radical (unpaired) electrons. The highest BCUT2D eigenvalue weighted by Gasteiger charge is 2.44. The third-order valence-electron chi connectivity index (χ3n) is 5.84. The number of hydrogen-bond donors (Lipinski definition) is 8. The summed E-state index contributed by atoms with van der Waals surface area (Å²) in [7, 11) is 0. The molecule has 2 aromatic carbocycles. The summed E-state index contributed by atoms with van der Waals surface area (Å²) in [6.45, 7) is 4.32. The number of aromatic amines is 1. The van der Waals surface area contributed by atoms with Gasteiger partial charge in [0.05, 0.1) is 12.6 Å². The zero-order valence-electron chi connectivity index (χ0n) is 21.7. The van der Waals surface area contributed by atoms with Crippen LogP contribution in [0.3, 0.4) is 0 Å². The molecule has 1 aliphatic heterocycles. The lowest BCUT2D eigenvalue weighted by molar-refractivity contribution is -0.222. The van der Waals surface area contributed by atoms with Crippen molar-refractivity contribution in [1.82, 2.24) is 15.6 Å². The van der Waals surface area contributed by atoms with Gasteiger partial charge in [0.25, 0.3) is 0 Å². The Bertz CT molecular complexity index is 1070. The molecule has 11 nitrogen and oxygen atoms in total. The number of hydrogen-bond acceptors (Lipinski definition) is 8. The van der Waals surface area contributed by atoms with E-state index in [2.05, 4.69) is 46.8 Å². The lowest BCUT2D eigenvalue weighted by atomic mass is 9.92. The Kier molecular flexibility index (Phi) is 12.9. The summed E-state index contributed by atoms with van der Waals surface area (Å²) in [6.07, 6.45) is -4.46. The third kappa shape index (κ3) is 9.53. The Morgan fingerprint density at radius 2 is 1.74 bits per heavy atom. The van der Waals surface area contributed by atoms with Crippen molar-refractivity contribution in [3.05, 3.63) is 71.9 Å². The van der Waals surface area contributed by atoms with Crippen molar-refractivity contribution < 1.29 is 29.6 Å². The minimum atomic E-state index is -1.26. The van der Waals surface area contributed by atoms with E-state index in [0.717, 1.165) is 5.56 Å². The molecule has 10 N–H and O–H groups in total. The largest absolute Gasteiger partial charge is 0.388 e. The van der Waals surface area contributed by atoms with Crippen LogP contribution in [0.15, 0.2) is 60.7 Å². The smallest absolute Gasteiger partial charge is 0.239 e. The second-order valence-electron chi connectivity index (χ2n) is 9.01. The van der Waals surface area contributed by atoms with Crippen LogP contribution < -0.4 is 22.1 Å². The van der Waals surface area contributed by atoms with E-state index in [1.807, 2.05) is 36.4 Å². The minimum Gasteiger partial charge on any atom is -0.388 e. The highest BCUT2D eigenvalue weighted by molar-refractivity contribution is 5.80. The first-order valence-corrected chi connectivity index (χ1v) is 12.3. The number of aryl methyl sites for hydroxylation is 1. The van der Waals surface area contributed by atoms with E-state index in [9.17, 15) is 24.9 Å². The van der Waals surface area contributed by atoms with Crippen LogP contribution in [-0.2, 0) is 20.9 Å². The number of fused-ring (bicyclic) bond motifs is 1. The topological polar surface area (TPSA) is 196 Å². The number of aromatic nitrogens is 1. The number of H-pyrrole nitrogens is 1. The Labute approximate surface area is 222 Å². The van der Waals surface area contributed by atoms with Crippen LogP contribution in [-0.4, -0.2) is 82.3 Å². The quantitative estimate of drug-likeness (QED) is 0.190. The molecule has 2 amide bonds. The Balaban J connectivity index is 0.000000203. The number of carbonyl (C=O) groups excluding carboxylic acids is 2. The van der Waals surface area contributed by atoms with Gasteiger partial charge in [-0.3, -0.25) is 9.59 Å². The number of benzene rings is 2. The Hall–Kier alpha value is -3.32. The molecule has 0 bridgehead atoms. The molecule has 208 valence electrons. The van der Waals surface area contributed by atoms with Crippen molar-refractivity contribution in [3.8, 4) is 0 Å². The maximum Gasteiger partial charge on any atom is 0.239 e. The minimum absolute atomic E-state index is 0.0241. The SMILES string of the molecule is CC(N)C1OC(CN)C(O)C(O)C1O.Cc1cc2ccccc2[nH]1.O=CNCC(=O)NCc1ccccc1. The molecule has 3 aromatic rings. The van der Waals surface area contributed by atoms with Gasteiger partial charge in [-0.05, 0) is 36.9 Å². The predicted molar refractivity (Wildman–Crippen MR) is 145 cm³/mol. The summed E-state index contributed by atoms with van der Waals surface area (Å²) in [5, 5.41) is 34.7. The van der Waals surface area contributed by atoms with E-state index in [1.165, 1.54) is 16.6 Å². The maximum atomic E-state index is 11.0. The maximum absolute atomic E-state index is 11.0. The number of carbonyl (C=O) groups is 2. The predicted octanol–water partition coefficient (Wildman–Crippen LogP) is -0.332. The lowest BCUT2D eigenvalue weighted by Gasteiger charge is -2.41. The number of rotatable bonds is 7. The van der Waals surface area contributed by atoms with E-state index >= 15 is 0 Å². The molecular weight excluding hydrogens is 490 g/mol. The molecule has 11 heteroatoms. The second-order valence-corrected chi connectivity index (χ2v) is 9.01. The van der Waals surface area contributed by atoms with Gasteiger partial charge >= 0.3 is 0 Å². The number of nitrogens with two attached hydrogens (primary N) is 2. The van der Waals surface area contributed by atoms with Crippen molar-refractivity contribution >= 4 is 23.2 Å². The first-order valence-electron chi connectivity index (χ1n) is 12.3. The first kappa shape index (κ1) is 30.9. The van der Waals surface area contributed by atoms with Gasteiger partial charge < -0.3 is 47.1 Å². The number of aliphatic hydroxyl groups excluding tert-OH is 3. The first-order chi connectivity index (χ1) is 18.2. The molecule has 0 saturated carbocycles. The van der Waals surface area contributed by atoms with Crippen LogP contribution in [0.25, 0.3) is 10.9 Å². The highest BCUT2D eigenvalue weighted by atomic mass is 16.5. The molecule has 6 unspecified atom stereocenters. The van der Waals surface area contributed by atoms with Gasteiger partial charge in [-0.2, -0.15) is 0 Å². The molecule has 38 heavy (non-hydrogen) atoms. The molecular formula is C27H39N5O6. The van der Waals surface area contributed by atoms with Gasteiger partial charge in [0.15, 0.2) is 0 Å². The summed E-state index contributed by atoms with van der Waals surface area (Å²) in [4.78, 5) is 24.2. The number of para-hydroxylation sites is 1. The summed E-state index contributed by atoms with van der Waals surface area (Å²) in [5.74, 6) is -0.194. The fourth-order valence-electron chi connectivity index (χ4n) is 3.82. The number of amides is 2. The van der Waals surface area contributed by atoms with Crippen LogP contribution in [0.5, 0.6) is 0 Å². The standard InChI is InChI=1S/C10H12N2O2.C9H9N.C8H18N2O4/c13-8-11-7-10(14)12-6-9-4-2-1-3-5-9;1-7-6-8-4-2-3-5-9(8)10-7;1-3(10)8-7(13)6(12)5(11)4(2-9)14-8/h1-5,8H,6-7H2,(H,11,13)(H,12,14);2-6,10H,1H3;3-8,11-13H,2,9-10H2,1H3. The second kappa shape index (κ2) is 15.8. The van der Waals surface area contributed by atoms with Crippen molar-refractivity contribution in [2.45, 2.75) is 57.0 Å². The molecule has 0 aliphatic carbocycles. The molecule has 1 aliphatic rings. The van der Waals surface area contributed by atoms with Crippen molar-refractivity contribution in [3.63, 3.8) is 0 Å². The number of nitrogens with one attached hydrogen (secondary N) is 3. The molecule has 2 heterocycles. The van der Waals surface area contributed by atoms with Crippen molar-refractivity contribution in [2.24, 2.45) is 11.5 Å². The van der Waals surface area contributed by atoms with Gasteiger partial charge in [-0.15, -0.1) is 0 Å². The summed E-state index contributed by atoms with van der Waals surface area (Å²) >= 11 is 0. The van der Waals surface area contributed by atoms with Crippen LogP contribution in [0.2, 0.25) is 0 Å².